The second-order valence-electron chi connectivity index (χ2n) is 6.97. The lowest BCUT2D eigenvalue weighted by Crippen LogP contribution is -2.30. The van der Waals surface area contributed by atoms with Gasteiger partial charge in [0, 0.05) is 18.8 Å². The number of anilines is 1. The molecule has 2 rings (SSSR count). The maximum Gasteiger partial charge on any atom is 0.338 e. The molecule has 2 aromatic carbocycles. The molecule has 0 fully saturated rings. The van der Waals surface area contributed by atoms with Crippen LogP contribution in [0.2, 0.25) is 0 Å². The van der Waals surface area contributed by atoms with Crippen molar-refractivity contribution in [3.63, 3.8) is 0 Å². The summed E-state index contributed by atoms with van der Waals surface area (Å²) in [7, 11) is -2.03. The molecule has 8 nitrogen and oxygen atoms in total. The van der Waals surface area contributed by atoms with Crippen molar-refractivity contribution in [3.05, 3.63) is 59.7 Å². The molecule has 0 aliphatic carbocycles. The Morgan fingerprint density at radius 2 is 1.57 bits per heavy atom. The second-order valence-corrected chi connectivity index (χ2v) is 8.68. The van der Waals surface area contributed by atoms with E-state index in [4.69, 9.17) is 9.47 Å². The van der Waals surface area contributed by atoms with Crippen molar-refractivity contribution in [1.82, 2.24) is 4.72 Å². The Hall–Kier alpha value is -2.75. The lowest BCUT2D eigenvalue weighted by atomic mass is 10.1. The molecule has 1 unspecified atom stereocenters. The Bertz CT molecular complexity index is 970. The summed E-state index contributed by atoms with van der Waals surface area (Å²) in [6.45, 7) is 5.34. The van der Waals surface area contributed by atoms with Crippen molar-refractivity contribution in [3.8, 4) is 0 Å². The quantitative estimate of drug-likeness (QED) is 0.587. The number of hydrogen-bond donors (Lipinski definition) is 2. The van der Waals surface area contributed by atoms with E-state index in [1.54, 1.807) is 45.2 Å². The molecule has 9 heteroatoms. The van der Waals surface area contributed by atoms with Crippen LogP contribution in [0.3, 0.4) is 0 Å². The fraction of sp³-hybridized carbons (Fsp3) is 0.333. The average Bonchev–Trinajstić information content (AvgIpc) is 2.68. The highest BCUT2D eigenvalue weighted by atomic mass is 32.2. The van der Waals surface area contributed by atoms with E-state index in [0.717, 1.165) is 5.56 Å². The maximum absolute atomic E-state index is 12.3. The molecule has 0 aliphatic heterocycles. The Balaban J connectivity index is 1.96. The fourth-order valence-corrected chi connectivity index (χ4v) is 3.78. The number of sulfonamides is 1. The van der Waals surface area contributed by atoms with Gasteiger partial charge < -0.3 is 14.8 Å². The monoisotopic (exact) mass is 434 g/mol. The number of carbonyl (C=O) groups is 2. The van der Waals surface area contributed by atoms with Gasteiger partial charge in [-0.05, 0) is 62.7 Å². The summed E-state index contributed by atoms with van der Waals surface area (Å²) in [5.41, 5.74) is 1.62. The Kier molecular flexibility index (Phi) is 8.10. The van der Waals surface area contributed by atoms with Gasteiger partial charge in [0.15, 0.2) is 6.10 Å². The number of methoxy groups -OCH3 is 1. The number of carbonyl (C=O) groups excluding carboxylic acids is 2. The van der Waals surface area contributed by atoms with Crippen LogP contribution in [0.5, 0.6) is 0 Å². The minimum Gasteiger partial charge on any atom is -0.449 e. The van der Waals surface area contributed by atoms with Crippen LogP contribution in [-0.2, 0) is 30.9 Å². The number of nitrogens with one attached hydrogen (secondary N) is 2. The molecular weight excluding hydrogens is 408 g/mol. The summed E-state index contributed by atoms with van der Waals surface area (Å²) in [6, 6.07) is 12.2. The number of rotatable bonds is 9. The normalized spacial score (nSPS) is 12.4. The van der Waals surface area contributed by atoms with Crippen LogP contribution in [-0.4, -0.2) is 39.5 Å². The van der Waals surface area contributed by atoms with Gasteiger partial charge in [-0.15, -0.1) is 0 Å². The largest absolute Gasteiger partial charge is 0.449 e. The summed E-state index contributed by atoms with van der Waals surface area (Å²) >= 11 is 0. The number of hydrogen-bond acceptors (Lipinski definition) is 6. The molecule has 1 amide bonds. The predicted octanol–water partition coefficient (Wildman–Crippen LogP) is 2.70. The molecule has 0 aliphatic rings. The van der Waals surface area contributed by atoms with Crippen molar-refractivity contribution in [1.29, 1.82) is 0 Å². The van der Waals surface area contributed by atoms with Gasteiger partial charge in [0.1, 0.15) is 0 Å². The van der Waals surface area contributed by atoms with Crippen LogP contribution in [0.25, 0.3) is 0 Å². The van der Waals surface area contributed by atoms with Crippen molar-refractivity contribution in [2.75, 3.05) is 12.4 Å². The van der Waals surface area contributed by atoms with Gasteiger partial charge in [0.2, 0.25) is 10.0 Å². The van der Waals surface area contributed by atoms with Gasteiger partial charge in [-0.2, -0.15) is 0 Å². The van der Waals surface area contributed by atoms with Gasteiger partial charge >= 0.3 is 5.97 Å². The van der Waals surface area contributed by atoms with Gasteiger partial charge in [0.05, 0.1) is 17.1 Å². The Morgan fingerprint density at radius 3 is 2.10 bits per heavy atom. The maximum atomic E-state index is 12.3. The van der Waals surface area contributed by atoms with E-state index in [0.29, 0.717) is 17.9 Å². The first-order valence-corrected chi connectivity index (χ1v) is 10.8. The molecule has 1 atom stereocenters. The lowest BCUT2D eigenvalue weighted by Gasteiger charge is -2.14. The van der Waals surface area contributed by atoms with Gasteiger partial charge in [-0.3, -0.25) is 4.79 Å². The highest BCUT2D eigenvalue weighted by Gasteiger charge is 2.20. The van der Waals surface area contributed by atoms with Gasteiger partial charge in [-0.25, -0.2) is 17.9 Å². The highest BCUT2D eigenvalue weighted by molar-refractivity contribution is 7.89. The van der Waals surface area contributed by atoms with Gasteiger partial charge in [0.25, 0.3) is 5.91 Å². The SMILES string of the molecule is COCc1ccc(C(=O)OC(C)C(=O)Nc2ccc(S(=O)(=O)NC(C)C)cc2)cc1. The van der Waals surface area contributed by atoms with E-state index in [9.17, 15) is 18.0 Å². The van der Waals surface area contributed by atoms with Crippen LogP contribution < -0.4 is 10.0 Å². The van der Waals surface area contributed by atoms with Crippen LogP contribution in [0.15, 0.2) is 53.4 Å². The third-order valence-electron chi connectivity index (χ3n) is 3.98. The van der Waals surface area contributed by atoms with E-state index in [2.05, 4.69) is 10.0 Å². The molecular formula is C21H26N2O6S. The van der Waals surface area contributed by atoms with Gasteiger partial charge in [-0.1, -0.05) is 12.1 Å². The first-order valence-electron chi connectivity index (χ1n) is 9.34. The lowest BCUT2D eigenvalue weighted by molar-refractivity contribution is -0.123. The van der Waals surface area contributed by atoms with Crippen LogP contribution >= 0.6 is 0 Å². The molecule has 0 heterocycles. The Morgan fingerprint density at radius 1 is 0.967 bits per heavy atom. The molecule has 0 spiro atoms. The number of ether oxygens (including phenoxy) is 2. The molecule has 30 heavy (non-hydrogen) atoms. The number of esters is 1. The molecule has 2 N–H and O–H groups in total. The average molecular weight is 435 g/mol. The van der Waals surface area contributed by atoms with Crippen molar-refractivity contribution in [2.24, 2.45) is 0 Å². The van der Waals surface area contributed by atoms with E-state index in [-0.39, 0.29) is 10.9 Å². The number of amides is 1. The van der Waals surface area contributed by atoms with E-state index in [1.807, 2.05) is 0 Å². The van der Waals surface area contributed by atoms with Crippen LogP contribution in [0.4, 0.5) is 5.69 Å². The summed E-state index contributed by atoms with van der Waals surface area (Å²) in [6.07, 6.45) is -1.04. The zero-order chi connectivity index (χ0) is 22.3. The first-order chi connectivity index (χ1) is 14.1. The van der Waals surface area contributed by atoms with Crippen molar-refractivity contribution in [2.45, 2.75) is 44.4 Å². The zero-order valence-electron chi connectivity index (χ0n) is 17.3. The third kappa shape index (κ3) is 6.65. The Labute approximate surface area is 176 Å². The predicted molar refractivity (Wildman–Crippen MR) is 113 cm³/mol. The standard InChI is InChI=1S/C21H26N2O6S/c1-14(2)23-30(26,27)19-11-9-18(10-12-19)22-20(24)15(3)29-21(25)17-7-5-16(6-8-17)13-28-4/h5-12,14-15,23H,13H2,1-4H3,(H,22,24). The highest BCUT2D eigenvalue weighted by Crippen LogP contribution is 2.15. The molecule has 0 saturated carbocycles. The summed E-state index contributed by atoms with van der Waals surface area (Å²) in [5.74, 6) is -1.15. The summed E-state index contributed by atoms with van der Waals surface area (Å²) in [5, 5.41) is 2.60. The topological polar surface area (TPSA) is 111 Å². The van der Waals surface area contributed by atoms with Crippen molar-refractivity contribution >= 4 is 27.6 Å². The third-order valence-corrected chi connectivity index (χ3v) is 5.65. The van der Waals surface area contributed by atoms with Crippen LogP contribution in [0, 0.1) is 0 Å². The van der Waals surface area contributed by atoms with E-state index in [1.165, 1.54) is 31.2 Å². The van der Waals surface area contributed by atoms with E-state index < -0.39 is 28.0 Å². The number of benzene rings is 2. The smallest absolute Gasteiger partial charge is 0.338 e. The van der Waals surface area contributed by atoms with Crippen LogP contribution in [0.1, 0.15) is 36.7 Å². The van der Waals surface area contributed by atoms with E-state index >= 15 is 0 Å². The summed E-state index contributed by atoms with van der Waals surface area (Å²) < 4.78 is 37.0. The molecule has 0 aromatic heterocycles. The fourth-order valence-electron chi connectivity index (χ4n) is 2.53. The second kappa shape index (κ2) is 10.3. The molecule has 0 saturated heterocycles. The molecule has 2 aromatic rings. The minimum absolute atomic E-state index is 0.0885. The van der Waals surface area contributed by atoms with Crippen molar-refractivity contribution < 1.29 is 27.5 Å². The zero-order valence-corrected chi connectivity index (χ0v) is 18.2. The first kappa shape index (κ1) is 23.5. The minimum atomic E-state index is -3.61. The molecule has 0 bridgehead atoms. The molecule has 0 radical (unpaired) electrons. The summed E-state index contributed by atoms with van der Waals surface area (Å²) in [4.78, 5) is 24.6. The molecule has 162 valence electrons.